The van der Waals surface area contributed by atoms with Crippen LogP contribution < -0.4 is 0 Å². The Hall–Kier alpha value is -0.350. The van der Waals surface area contributed by atoms with Crippen LogP contribution in [0.25, 0.3) is 0 Å². The molecule has 180 valence electrons. The van der Waals surface area contributed by atoms with E-state index in [0.29, 0.717) is 0 Å². The summed E-state index contributed by atoms with van der Waals surface area (Å²) in [5.74, 6) is -16.6. The third-order valence-corrected chi connectivity index (χ3v) is 11.0. The summed E-state index contributed by atoms with van der Waals surface area (Å²) in [6.07, 6.45) is -7.16. The fourth-order valence-electron chi connectivity index (χ4n) is 2.07. The van der Waals surface area contributed by atoms with Gasteiger partial charge in [0.2, 0.25) is 0 Å². The highest BCUT2D eigenvalue weighted by Gasteiger charge is 2.86. The first-order chi connectivity index (χ1) is 13.0. The van der Waals surface area contributed by atoms with Gasteiger partial charge in [0.1, 0.15) is 5.78 Å². The van der Waals surface area contributed by atoms with Crippen LogP contribution in [0.1, 0.15) is 20.8 Å². The van der Waals surface area contributed by atoms with Gasteiger partial charge in [-0.3, -0.25) is 4.79 Å². The number of alkyl halides is 9. The third kappa shape index (κ3) is 5.00. The van der Waals surface area contributed by atoms with Gasteiger partial charge >= 0.3 is 33.4 Å². The molecule has 1 rings (SSSR count). The van der Waals surface area contributed by atoms with Gasteiger partial charge in [-0.1, -0.05) is 20.8 Å². The van der Waals surface area contributed by atoms with E-state index < -0.39 is 60.7 Å². The van der Waals surface area contributed by atoms with Gasteiger partial charge in [0.15, 0.2) is 0 Å². The molecule has 0 bridgehead atoms. The zero-order valence-electron chi connectivity index (χ0n) is 15.8. The minimum atomic E-state index is -7.37. The average Bonchev–Trinajstić information content (AvgIpc) is 2.52. The Morgan fingerprint density at radius 3 is 1.70 bits per heavy atom. The molecule has 0 aromatic rings. The molecule has 0 aliphatic carbocycles. The van der Waals surface area contributed by atoms with E-state index in [9.17, 15) is 52.7 Å². The van der Waals surface area contributed by atoms with Gasteiger partial charge in [-0.25, -0.2) is 3.63 Å². The van der Waals surface area contributed by atoms with Crippen LogP contribution in [0.15, 0.2) is 0 Å². The lowest BCUT2D eigenvalue weighted by Crippen LogP contribution is -2.63. The highest BCUT2D eigenvalue weighted by Crippen LogP contribution is 2.60. The first-order valence-electron chi connectivity index (χ1n) is 8.07. The Morgan fingerprint density at radius 1 is 0.900 bits per heavy atom. The van der Waals surface area contributed by atoms with E-state index in [1.165, 1.54) is 32.5 Å². The van der Waals surface area contributed by atoms with E-state index in [-0.39, 0.29) is 23.0 Å². The predicted molar refractivity (Wildman–Crippen MR) is 94.9 cm³/mol. The standard InChI is InChI=1S/C14H19F9O4S3/c1-10(2,3)9(24)8-29(6-4-28-5-7-29)27-30(25,26)14(22,23)12(17,18)11(15,16)13(19,20)21/h4-8H2,1-3H3. The second-order valence-corrected chi connectivity index (χ2v) is 13.7. The maximum absolute atomic E-state index is 14.0. The molecule has 1 aliphatic rings. The zero-order chi connectivity index (χ0) is 24.0. The summed E-state index contributed by atoms with van der Waals surface area (Å²) in [7, 11) is -10.4. The van der Waals surface area contributed by atoms with Gasteiger partial charge in [-0.15, -0.1) is 10.3 Å². The van der Waals surface area contributed by atoms with Crippen LogP contribution in [0.5, 0.6) is 0 Å². The number of halogens is 9. The zero-order valence-corrected chi connectivity index (χ0v) is 18.2. The van der Waals surface area contributed by atoms with E-state index >= 15 is 0 Å². The van der Waals surface area contributed by atoms with E-state index in [4.69, 9.17) is 0 Å². The molecule has 4 nitrogen and oxygen atoms in total. The van der Waals surface area contributed by atoms with E-state index in [1.54, 1.807) is 0 Å². The molecule has 0 spiro atoms. The molecule has 1 fully saturated rings. The summed E-state index contributed by atoms with van der Waals surface area (Å²) >= 11 is 1.21. The first-order valence-corrected chi connectivity index (χ1v) is 12.7. The van der Waals surface area contributed by atoms with Gasteiger partial charge in [0.05, 0.1) is 5.75 Å². The van der Waals surface area contributed by atoms with Crippen molar-refractivity contribution >= 4 is 38.0 Å². The van der Waals surface area contributed by atoms with Gasteiger partial charge in [0.25, 0.3) is 0 Å². The normalized spacial score (nSPS) is 20.7. The van der Waals surface area contributed by atoms with Gasteiger partial charge < -0.3 is 0 Å². The van der Waals surface area contributed by atoms with E-state index in [2.05, 4.69) is 3.63 Å². The number of Topliss-reactive ketones (excluding diaryl/α,β-unsaturated/α-hetero) is 1. The second-order valence-electron chi connectivity index (χ2n) is 7.49. The molecule has 0 unspecified atom stereocenters. The summed E-state index contributed by atoms with van der Waals surface area (Å²) in [5, 5.41) is -6.92. The maximum atomic E-state index is 14.0. The van der Waals surface area contributed by atoms with Crippen LogP contribution >= 0.6 is 22.1 Å². The summed E-state index contributed by atoms with van der Waals surface area (Å²) in [5.41, 5.74) is -1.10. The van der Waals surface area contributed by atoms with Crippen LogP contribution in [0, 0.1) is 5.41 Å². The van der Waals surface area contributed by atoms with Crippen molar-refractivity contribution in [2.24, 2.45) is 5.41 Å². The van der Waals surface area contributed by atoms with E-state index in [0.717, 1.165) is 0 Å². The highest BCUT2D eigenvalue weighted by atomic mass is 32.3. The number of hydrogen-bond acceptors (Lipinski definition) is 5. The molecule has 16 heteroatoms. The minimum absolute atomic E-state index is 0.0863. The number of rotatable bonds is 7. The Balaban J connectivity index is 3.40. The average molecular weight is 518 g/mol. The van der Waals surface area contributed by atoms with Crippen molar-refractivity contribution in [1.82, 2.24) is 0 Å². The van der Waals surface area contributed by atoms with Crippen LogP contribution in [0.2, 0.25) is 0 Å². The van der Waals surface area contributed by atoms with E-state index in [1.807, 2.05) is 0 Å². The summed E-state index contributed by atoms with van der Waals surface area (Å²) in [6, 6.07) is 0. The number of carbonyl (C=O) groups is 1. The Morgan fingerprint density at radius 2 is 1.33 bits per heavy atom. The molecule has 1 aliphatic heterocycles. The number of thioether (sulfide) groups is 1. The van der Waals surface area contributed by atoms with Crippen LogP contribution in [0.3, 0.4) is 0 Å². The lowest BCUT2D eigenvalue weighted by Gasteiger charge is -2.43. The predicted octanol–water partition coefficient (Wildman–Crippen LogP) is 4.84. The monoisotopic (exact) mass is 518 g/mol. The van der Waals surface area contributed by atoms with Crippen LogP contribution in [-0.2, 0) is 18.5 Å². The Labute approximate surface area is 172 Å². The topological polar surface area (TPSA) is 60.4 Å². The molecule has 1 heterocycles. The van der Waals surface area contributed by atoms with Crippen LogP contribution in [-0.4, -0.2) is 66.2 Å². The molecular weight excluding hydrogens is 499 g/mol. The molecule has 0 atom stereocenters. The molecule has 0 N–H and O–H groups in total. The smallest absolute Gasteiger partial charge is 0.298 e. The summed E-state index contributed by atoms with van der Waals surface area (Å²) in [6.45, 7) is 4.21. The first kappa shape index (κ1) is 27.7. The van der Waals surface area contributed by atoms with Crippen LogP contribution in [0.4, 0.5) is 39.5 Å². The van der Waals surface area contributed by atoms with Gasteiger partial charge in [-0.05, 0) is 0 Å². The van der Waals surface area contributed by atoms with Crippen molar-refractivity contribution in [3.05, 3.63) is 0 Å². The maximum Gasteiger partial charge on any atom is 0.460 e. The molecular formula is C14H19F9O4S3. The number of hydrogen-bond donors (Lipinski definition) is 0. The lowest BCUT2D eigenvalue weighted by atomic mass is 9.92. The van der Waals surface area contributed by atoms with Crippen molar-refractivity contribution in [3.8, 4) is 0 Å². The molecule has 30 heavy (non-hydrogen) atoms. The third-order valence-electron chi connectivity index (χ3n) is 4.09. The Bertz CT molecular complexity index is 752. The van der Waals surface area contributed by atoms with Crippen molar-refractivity contribution in [3.63, 3.8) is 0 Å². The largest absolute Gasteiger partial charge is 0.460 e. The fraction of sp³-hybridized carbons (Fsp3) is 0.929. The SMILES string of the molecule is CC(C)(C)C(=O)CS1(OS(=O)(=O)C(F)(F)C(F)(F)C(F)(F)C(F)(F)F)CCSCC1. The molecule has 0 aromatic carbocycles. The molecule has 1 saturated heterocycles. The fourth-order valence-corrected chi connectivity index (χ4v) is 10.1. The second kappa shape index (κ2) is 8.21. The summed E-state index contributed by atoms with van der Waals surface area (Å²) in [4.78, 5) is 12.3. The molecule has 0 aromatic heterocycles. The van der Waals surface area contributed by atoms with Gasteiger partial charge in [0, 0.05) is 28.4 Å². The van der Waals surface area contributed by atoms with Gasteiger partial charge in [-0.2, -0.15) is 59.7 Å². The van der Waals surface area contributed by atoms with Crippen molar-refractivity contribution in [2.75, 3.05) is 28.8 Å². The van der Waals surface area contributed by atoms with Crippen molar-refractivity contribution in [1.29, 1.82) is 0 Å². The summed E-state index contributed by atoms with van der Waals surface area (Å²) < 4.78 is 146. The molecule has 0 radical (unpaired) electrons. The number of ketones is 1. The highest BCUT2D eigenvalue weighted by molar-refractivity contribution is 8.34. The number of carbonyl (C=O) groups excluding carboxylic acids is 1. The minimum Gasteiger partial charge on any atom is -0.298 e. The lowest BCUT2D eigenvalue weighted by molar-refractivity contribution is -0.382. The molecule has 0 amide bonds. The van der Waals surface area contributed by atoms with Crippen molar-refractivity contribution < 1.29 is 56.4 Å². The quantitative estimate of drug-likeness (QED) is 0.452. The molecule has 0 saturated carbocycles. The van der Waals surface area contributed by atoms with Crippen molar-refractivity contribution in [2.45, 2.75) is 44.0 Å². The Kier molecular flexibility index (Phi) is 7.58.